The predicted octanol–water partition coefficient (Wildman–Crippen LogP) is 1.98. The molecule has 0 spiro atoms. The molecule has 1 unspecified atom stereocenters. The molecular formula is C13H19NO3S. The first kappa shape index (κ1) is 14.9. The molecule has 0 aliphatic carbocycles. The van der Waals surface area contributed by atoms with Crippen LogP contribution in [-0.4, -0.2) is 26.0 Å². The van der Waals surface area contributed by atoms with Crippen molar-refractivity contribution in [2.45, 2.75) is 31.9 Å². The Morgan fingerprint density at radius 2 is 1.89 bits per heavy atom. The summed E-state index contributed by atoms with van der Waals surface area (Å²) in [5.41, 5.74) is 0.422. The fourth-order valence-electron chi connectivity index (χ4n) is 1.49. The molecule has 5 heteroatoms. The summed E-state index contributed by atoms with van der Waals surface area (Å²) in [5.74, 6) is -0.375. The third-order valence-corrected chi connectivity index (χ3v) is 4.48. The van der Waals surface area contributed by atoms with Crippen LogP contribution in [0.15, 0.2) is 30.3 Å². The summed E-state index contributed by atoms with van der Waals surface area (Å²) in [5, 5.41) is -1.06. The molecule has 0 saturated carbocycles. The van der Waals surface area contributed by atoms with Gasteiger partial charge in [-0.2, -0.15) is 0 Å². The zero-order valence-electron chi connectivity index (χ0n) is 10.7. The van der Waals surface area contributed by atoms with E-state index >= 15 is 0 Å². The van der Waals surface area contributed by atoms with Gasteiger partial charge >= 0.3 is 0 Å². The van der Waals surface area contributed by atoms with Crippen LogP contribution in [0.4, 0.5) is 0 Å². The lowest BCUT2D eigenvalue weighted by molar-refractivity contribution is 0.0991. The van der Waals surface area contributed by atoms with Crippen LogP contribution in [-0.2, 0) is 10.0 Å². The summed E-state index contributed by atoms with van der Waals surface area (Å²) < 4.78 is 26.2. The average molecular weight is 269 g/mol. The number of Topliss-reactive ketones (excluding diaryl/α,β-unsaturated/α-hetero) is 1. The summed E-state index contributed by atoms with van der Waals surface area (Å²) in [4.78, 5) is 12.0. The number of ketones is 1. The Morgan fingerprint density at radius 3 is 2.44 bits per heavy atom. The second-order valence-electron chi connectivity index (χ2n) is 4.17. The Hall–Kier alpha value is -1.20. The van der Waals surface area contributed by atoms with Gasteiger partial charge in [0.25, 0.3) is 0 Å². The van der Waals surface area contributed by atoms with Gasteiger partial charge in [0.05, 0.1) is 0 Å². The van der Waals surface area contributed by atoms with Crippen molar-refractivity contribution in [3.63, 3.8) is 0 Å². The Labute approximate surface area is 108 Å². The largest absolute Gasteiger partial charge is 0.293 e. The van der Waals surface area contributed by atoms with Crippen LogP contribution < -0.4 is 4.72 Å². The van der Waals surface area contributed by atoms with Crippen LogP contribution in [0.2, 0.25) is 0 Å². The fraction of sp³-hybridized carbons (Fsp3) is 0.462. The first-order valence-electron chi connectivity index (χ1n) is 6.06. The minimum absolute atomic E-state index is 0.375. The molecule has 0 heterocycles. The Kier molecular flexibility index (Phi) is 5.50. The van der Waals surface area contributed by atoms with Crippen molar-refractivity contribution in [1.82, 2.24) is 4.72 Å². The van der Waals surface area contributed by atoms with Crippen LogP contribution >= 0.6 is 0 Å². The Balaban J connectivity index is 2.74. The van der Waals surface area contributed by atoms with E-state index in [0.29, 0.717) is 12.1 Å². The zero-order chi connectivity index (χ0) is 13.6. The molecule has 0 aromatic heterocycles. The molecule has 0 aliphatic heterocycles. The van der Waals surface area contributed by atoms with Gasteiger partial charge in [0.1, 0.15) is 5.25 Å². The number of carbonyl (C=O) groups excluding carboxylic acids is 1. The number of hydrogen-bond donors (Lipinski definition) is 1. The van der Waals surface area contributed by atoms with E-state index in [1.165, 1.54) is 6.92 Å². The van der Waals surface area contributed by atoms with E-state index in [4.69, 9.17) is 0 Å². The van der Waals surface area contributed by atoms with Crippen LogP contribution in [0.1, 0.15) is 37.0 Å². The van der Waals surface area contributed by atoms with E-state index in [1.807, 2.05) is 6.92 Å². The molecule has 18 heavy (non-hydrogen) atoms. The quantitative estimate of drug-likeness (QED) is 0.608. The highest BCUT2D eigenvalue weighted by Crippen LogP contribution is 2.09. The lowest BCUT2D eigenvalue weighted by Gasteiger charge is -2.12. The van der Waals surface area contributed by atoms with Gasteiger partial charge in [-0.25, -0.2) is 13.1 Å². The predicted molar refractivity (Wildman–Crippen MR) is 72.1 cm³/mol. The maximum absolute atomic E-state index is 12.0. The molecule has 1 atom stereocenters. The zero-order valence-corrected chi connectivity index (χ0v) is 11.5. The first-order chi connectivity index (χ1) is 8.49. The smallest absolute Gasteiger partial charge is 0.221 e. The second kappa shape index (κ2) is 6.66. The van der Waals surface area contributed by atoms with Gasteiger partial charge in [0, 0.05) is 12.1 Å². The summed E-state index contributed by atoms with van der Waals surface area (Å²) in [6, 6.07) is 8.48. The maximum atomic E-state index is 12.0. The van der Waals surface area contributed by atoms with E-state index in [9.17, 15) is 13.2 Å². The molecule has 1 N–H and O–H groups in total. The summed E-state index contributed by atoms with van der Waals surface area (Å²) in [6.07, 6.45) is 1.68. The third-order valence-electron chi connectivity index (χ3n) is 2.73. The van der Waals surface area contributed by atoms with E-state index < -0.39 is 15.3 Å². The highest BCUT2D eigenvalue weighted by molar-refractivity contribution is 7.90. The number of hydrogen-bond acceptors (Lipinski definition) is 3. The number of benzene rings is 1. The van der Waals surface area contributed by atoms with Crippen molar-refractivity contribution in [2.24, 2.45) is 0 Å². The Bertz CT molecular complexity index is 482. The SMILES string of the molecule is CCCCNS(=O)(=O)C(C)C(=O)c1ccccc1. The van der Waals surface area contributed by atoms with Crippen LogP contribution in [0.25, 0.3) is 0 Å². The van der Waals surface area contributed by atoms with E-state index in [0.717, 1.165) is 12.8 Å². The monoisotopic (exact) mass is 269 g/mol. The maximum Gasteiger partial charge on any atom is 0.221 e. The number of unbranched alkanes of at least 4 members (excludes halogenated alkanes) is 1. The normalized spacial score (nSPS) is 13.2. The number of carbonyl (C=O) groups is 1. The lowest BCUT2D eigenvalue weighted by atomic mass is 10.1. The third kappa shape index (κ3) is 3.92. The summed E-state index contributed by atoms with van der Waals surface area (Å²) in [6.45, 7) is 3.78. The molecule has 1 aromatic carbocycles. The molecule has 0 amide bonds. The minimum Gasteiger partial charge on any atom is -0.293 e. The van der Waals surface area contributed by atoms with E-state index in [1.54, 1.807) is 30.3 Å². The fourth-order valence-corrected chi connectivity index (χ4v) is 2.59. The van der Waals surface area contributed by atoms with E-state index in [2.05, 4.69) is 4.72 Å². The van der Waals surface area contributed by atoms with Crippen molar-refractivity contribution in [1.29, 1.82) is 0 Å². The van der Waals surface area contributed by atoms with Crippen LogP contribution in [0.5, 0.6) is 0 Å². The molecule has 100 valence electrons. The summed E-state index contributed by atoms with van der Waals surface area (Å²) in [7, 11) is -3.58. The molecule has 0 aliphatic rings. The van der Waals surface area contributed by atoms with Gasteiger partial charge in [0.2, 0.25) is 10.0 Å². The number of nitrogens with one attached hydrogen (secondary N) is 1. The highest BCUT2D eigenvalue weighted by Gasteiger charge is 2.27. The minimum atomic E-state index is -3.58. The average Bonchev–Trinajstić information content (AvgIpc) is 2.38. The van der Waals surface area contributed by atoms with Crippen LogP contribution in [0, 0.1) is 0 Å². The van der Waals surface area contributed by atoms with E-state index in [-0.39, 0.29) is 5.78 Å². The van der Waals surface area contributed by atoms with Crippen molar-refractivity contribution >= 4 is 15.8 Å². The topological polar surface area (TPSA) is 63.2 Å². The van der Waals surface area contributed by atoms with Crippen molar-refractivity contribution < 1.29 is 13.2 Å². The summed E-state index contributed by atoms with van der Waals surface area (Å²) >= 11 is 0. The second-order valence-corrected chi connectivity index (χ2v) is 6.25. The molecular weight excluding hydrogens is 250 g/mol. The van der Waals surface area contributed by atoms with Gasteiger partial charge in [-0.15, -0.1) is 0 Å². The molecule has 1 aromatic rings. The molecule has 0 saturated heterocycles. The van der Waals surface area contributed by atoms with Gasteiger partial charge in [-0.1, -0.05) is 43.7 Å². The van der Waals surface area contributed by atoms with Gasteiger partial charge < -0.3 is 0 Å². The number of sulfonamides is 1. The highest BCUT2D eigenvalue weighted by atomic mass is 32.2. The molecule has 0 bridgehead atoms. The van der Waals surface area contributed by atoms with Gasteiger partial charge in [-0.3, -0.25) is 4.79 Å². The number of rotatable bonds is 7. The first-order valence-corrected chi connectivity index (χ1v) is 7.61. The molecule has 4 nitrogen and oxygen atoms in total. The molecule has 0 radical (unpaired) electrons. The van der Waals surface area contributed by atoms with Gasteiger partial charge in [-0.05, 0) is 13.3 Å². The van der Waals surface area contributed by atoms with Gasteiger partial charge in [0.15, 0.2) is 5.78 Å². The molecule has 1 rings (SSSR count). The van der Waals surface area contributed by atoms with Crippen molar-refractivity contribution in [3.05, 3.63) is 35.9 Å². The lowest BCUT2D eigenvalue weighted by Crippen LogP contribution is -2.38. The van der Waals surface area contributed by atoms with Crippen LogP contribution in [0.3, 0.4) is 0 Å². The molecule has 0 fully saturated rings. The standard InChI is InChI=1S/C13H19NO3S/c1-3-4-10-14-18(16,17)11(2)13(15)12-8-6-5-7-9-12/h5-9,11,14H,3-4,10H2,1-2H3. The van der Waals surface area contributed by atoms with Crippen molar-refractivity contribution in [3.8, 4) is 0 Å². The Morgan fingerprint density at radius 1 is 1.28 bits per heavy atom. The van der Waals surface area contributed by atoms with Crippen molar-refractivity contribution in [2.75, 3.05) is 6.54 Å².